The van der Waals surface area contributed by atoms with Crippen molar-refractivity contribution in [2.24, 2.45) is 5.73 Å². The number of nitrogens with two attached hydrogens (primary N) is 1. The van der Waals surface area contributed by atoms with Crippen LogP contribution in [0.5, 0.6) is 0 Å². The van der Waals surface area contributed by atoms with Crippen molar-refractivity contribution in [3.8, 4) is 0 Å². The van der Waals surface area contributed by atoms with Crippen LogP contribution >= 0.6 is 0 Å². The van der Waals surface area contributed by atoms with E-state index < -0.39 is 65.7 Å². The van der Waals surface area contributed by atoms with E-state index in [1.54, 1.807) is 48.5 Å². The highest BCUT2D eigenvalue weighted by atomic mass is 16.6. The molecule has 0 radical (unpaired) electrons. The summed E-state index contributed by atoms with van der Waals surface area (Å²) in [7, 11) is 0. The molecule has 0 aromatic heterocycles. The summed E-state index contributed by atoms with van der Waals surface area (Å²) in [5.74, 6) is -3.19. The molecule has 0 aliphatic rings. The minimum atomic E-state index is -1.23. The lowest BCUT2D eigenvalue weighted by Gasteiger charge is -2.30. The van der Waals surface area contributed by atoms with Crippen LogP contribution in [0.2, 0.25) is 0 Å². The first kappa shape index (κ1) is 33.1. The first-order valence-corrected chi connectivity index (χ1v) is 11.9. The van der Waals surface area contributed by atoms with Gasteiger partial charge in [0.1, 0.15) is 17.7 Å². The summed E-state index contributed by atoms with van der Waals surface area (Å²) < 4.78 is 10.9. The third-order valence-corrected chi connectivity index (χ3v) is 4.44. The van der Waals surface area contributed by atoms with E-state index in [1.165, 1.54) is 0 Å². The third-order valence-electron chi connectivity index (χ3n) is 4.44. The van der Waals surface area contributed by atoms with Crippen LogP contribution < -0.4 is 27.0 Å². The summed E-state index contributed by atoms with van der Waals surface area (Å²) in [6, 6.07) is -2.28. The van der Waals surface area contributed by atoms with Gasteiger partial charge in [0.2, 0.25) is 17.7 Å². The lowest BCUT2D eigenvalue weighted by molar-refractivity contribution is -0.142. The fraction of sp³-hybridized carbons (Fsp3) is 0.783. The minimum Gasteiger partial charge on any atom is -0.480 e. The first-order chi connectivity index (χ1) is 16.4. The molecule has 0 aromatic carbocycles. The van der Waals surface area contributed by atoms with E-state index in [-0.39, 0.29) is 19.5 Å². The second kappa shape index (κ2) is 15.2. The Hall–Kier alpha value is -2.93. The lowest BCUT2D eigenvalue weighted by Crippen LogP contribution is -2.56. The molecule has 3 unspecified atom stereocenters. The SMILES string of the molecule is CC(OC(C)(C)C)C(NC(=O)CN)C(=O)NCC(=O)NC(CCCCNC(=O)OC(C)(C)C)C(=O)O. The van der Waals surface area contributed by atoms with Crippen molar-refractivity contribution in [3.05, 3.63) is 0 Å². The van der Waals surface area contributed by atoms with Crippen LogP contribution in [0.4, 0.5) is 4.79 Å². The molecule has 0 heterocycles. The molecule has 0 rings (SSSR count). The van der Waals surface area contributed by atoms with Crippen molar-refractivity contribution >= 4 is 29.8 Å². The van der Waals surface area contributed by atoms with Gasteiger partial charge in [0.15, 0.2) is 0 Å². The molecular formula is C23H43N5O8. The predicted octanol–water partition coefficient (Wildman–Crippen LogP) is 0.0141. The molecule has 0 saturated carbocycles. The smallest absolute Gasteiger partial charge is 0.407 e. The van der Waals surface area contributed by atoms with Gasteiger partial charge in [-0.25, -0.2) is 9.59 Å². The highest BCUT2D eigenvalue weighted by Crippen LogP contribution is 2.13. The number of carboxylic acids is 1. The Morgan fingerprint density at radius 3 is 2.00 bits per heavy atom. The maximum atomic E-state index is 12.6. The van der Waals surface area contributed by atoms with Gasteiger partial charge >= 0.3 is 12.1 Å². The van der Waals surface area contributed by atoms with E-state index in [0.717, 1.165) is 0 Å². The second-order valence-electron chi connectivity index (χ2n) is 10.3. The molecule has 7 N–H and O–H groups in total. The number of ether oxygens (including phenoxy) is 2. The zero-order valence-corrected chi connectivity index (χ0v) is 22.4. The Balaban J connectivity index is 4.72. The van der Waals surface area contributed by atoms with Crippen LogP contribution in [0.25, 0.3) is 0 Å². The van der Waals surface area contributed by atoms with Gasteiger partial charge in [-0.05, 0) is 67.7 Å². The van der Waals surface area contributed by atoms with E-state index in [0.29, 0.717) is 12.8 Å². The number of alkyl carbamates (subject to hydrolysis) is 1. The van der Waals surface area contributed by atoms with Crippen LogP contribution in [0.3, 0.4) is 0 Å². The maximum Gasteiger partial charge on any atom is 0.407 e. The standard InChI is InChI=1S/C23H43N5O8/c1-14(35-22(2,3)4)18(28-16(29)12-24)19(31)26-13-17(30)27-15(20(32)33)10-8-9-11-25-21(34)36-23(5,6)7/h14-15,18H,8-13,24H2,1-7H3,(H,25,34)(H,26,31)(H,27,30)(H,28,29)(H,32,33). The van der Waals surface area contributed by atoms with Crippen LogP contribution in [0, 0.1) is 0 Å². The van der Waals surface area contributed by atoms with Crippen molar-refractivity contribution in [1.82, 2.24) is 21.3 Å². The first-order valence-electron chi connectivity index (χ1n) is 11.9. The van der Waals surface area contributed by atoms with Crippen LogP contribution in [0.1, 0.15) is 67.7 Å². The number of hydrogen-bond acceptors (Lipinski definition) is 8. The average molecular weight is 518 g/mol. The Kier molecular flexibility index (Phi) is 14.0. The van der Waals surface area contributed by atoms with Gasteiger partial charge < -0.3 is 41.6 Å². The molecule has 0 bridgehead atoms. The molecule has 4 amide bonds. The number of hydrogen-bond donors (Lipinski definition) is 6. The van der Waals surface area contributed by atoms with Crippen molar-refractivity contribution in [2.45, 2.75) is 97.1 Å². The van der Waals surface area contributed by atoms with E-state index >= 15 is 0 Å². The molecule has 0 saturated heterocycles. The third kappa shape index (κ3) is 15.9. The van der Waals surface area contributed by atoms with Gasteiger partial charge in [0.05, 0.1) is 24.8 Å². The fourth-order valence-corrected chi connectivity index (χ4v) is 3.01. The van der Waals surface area contributed by atoms with E-state index in [2.05, 4.69) is 21.3 Å². The van der Waals surface area contributed by atoms with Crippen molar-refractivity contribution in [2.75, 3.05) is 19.6 Å². The average Bonchev–Trinajstić information content (AvgIpc) is 2.71. The molecule has 0 aliphatic heterocycles. The largest absolute Gasteiger partial charge is 0.480 e. The Morgan fingerprint density at radius 1 is 0.889 bits per heavy atom. The summed E-state index contributed by atoms with van der Waals surface area (Å²) in [6.07, 6.45) is -0.288. The van der Waals surface area contributed by atoms with Gasteiger partial charge in [-0.1, -0.05) is 0 Å². The quantitative estimate of drug-likeness (QED) is 0.172. The molecule has 13 nitrogen and oxygen atoms in total. The van der Waals surface area contributed by atoms with Crippen LogP contribution in [-0.2, 0) is 28.7 Å². The number of aliphatic carboxylic acids is 1. The molecule has 0 fully saturated rings. The van der Waals surface area contributed by atoms with Gasteiger partial charge in [0.25, 0.3) is 0 Å². The van der Waals surface area contributed by atoms with Crippen LogP contribution in [-0.4, -0.2) is 83.9 Å². The highest BCUT2D eigenvalue weighted by Gasteiger charge is 2.31. The monoisotopic (exact) mass is 517 g/mol. The van der Waals surface area contributed by atoms with Crippen molar-refractivity contribution in [1.29, 1.82) is 0 Å². The summed E-state index contributed by atoms with van der Waals surface area (Å²) in [5.41, 5.74) is 4.10. The maximum absolute atomic E-state index is 12.6. The second-order valence-corrected chi connectivity index (χ2v) is 10.3. The molecule has 0 spiro atoms. The van der Waals surface area contributed by atoms with Crippen LogP contribution in [0.15, 0.2) is 0 Å². The summed E-state index contributed by atoms with van der Waals surface area (Å²) in [6.45, 7) is 11.6. The number of unbranched alkanes of at least 4 members (excludes halogenated alkanes) is 1. The Bertz CT molecular complexity index is 761. The number of carbonyl (C=O) groups excluding carboxylic acids is 4. The molecule has 13 heteroatoms. The molecule has 0 aliphatic carbocycles. The van der Waals surface area contributed by atoms with Gasteiger partial charge in [-0.3, -0.25) is 14.4 Å². The number of amides is 4. The molecule has 208 valence electrons. The summed E-state index contributed by atoms with van der Waals surface area (Å²) in [4.78, 5) is 59.8. The number of rotatable bonds is 14. The number of nitrogens with one attached hydrogen (secondary N) is 4. The Morgan fingerprint density at radius 2 is 1.50 bits per heavy atom. The fourth-order valence-electron chi connectivity index (χ4n) is 3.01. The molecule has 3 atom stereocenters. The molecule has 0 aromatic rings. The van der Waals surface area contributed by atoms with E-state index in [1.807, 2.05) is 0 Å². The minimum absolute atomic E-state index is 0.122. The zero-order chi connectivity index (χ0) is 28.1. The normalized spacial score (nSPS) is 14.1. The van der Waals surface area contributed by atoms with E-state index in [4.69, 9.17) is 15.2 Å². The van der Waals surface area contributed by atoms with Gasteiger partial charge in [-0.2, -0.15) is 0 Å². The zero-order valence-electron chi connectivity index (χ0n) is 22.4. The number of carbonyl (C=O) groups is 5. The number of carboxylic acid groups (broad SMARTS) is 1. The molecule has 36 heavy (non-hydrogen) atoms. The lowest BCUT2D eigenvalue weighted by atomic mass is 10.1. The predicted molar refractivity (Wildman–Crippen MR) is 132 cm³/mol. The topological polar surface area (TPSA) is 198 Å². The van der Waals surface area contributed by atoms with Gasteiger partial charge in [0, 0.05) is 6.54 Å². The van der Waals surface area contributed by atoms with Crippen molar-refractivity contribution < 1.29 is 38.6 Å². The summed E-state index contributed by atoms with van der Waals surface area (Å²) in [5, 5.41) is 19.2. The van der Waals surface area contributed by atoms with Crippen molar-refractivity contribution in [3.63, 3.8) is 0 Å². The van der Waals surface area contributed by atoms with E-state index in [9.17, 15) is 29.1 Å². The highest BCUT2D eigenvalue weighted by molar-refractivity contribution is 5.92. The molecular weight excluding hydrogens is 474 g/mol. The van der Waals surface area contributed by atoms with Gasteiger partial charge in [-0.15, -0.1) is 0 Å². The Labute approximate surface area is 212 Å². The summed E-state index contributed by atoms with van der Waals surface area (Å²) >= 11 is 0.